The van der Waals surface area contributed by atoms with Gasteiger partial charge in [-0.05, 0) is 38.8 Å². The van der Waals surface area contributed by atoms with Gasteiger partial charge in [-0.1, -0.05) is 25.3 Å². The van der Waals surface area contributed by atoms with Gasteiger partial charge in [-0.3, -0.25) is 14.6 Å². The third-order valence-corrected chi connectivity index (χ3v) is 4.23. The lowest BCUT2D eigenvalue weighted by atomic mass is 9.89. The second kappa shape index (κ2) is 7.38. The third kappa shape index (κ3) is 4.29. The summed E-state index contributed by atoms with van der Waals surface area (Å²) in [5.41, 5.74) is -0.300. The van der Waals surface area contributed by atoms with Crippen molar-refractivity contribution in [3.8, 4) is 0 Å². The molecule has 1 aromatic heterocycles. The van der Waals surface area contributed by atoms with Gasteiger partial charge in [0.1, 0.15) is 5.41 Å². The summed E-state index contributed by atoms with van der Waals surface area (Å²) in [6.07, 6.45) is 7.24. The van der Waals surface area contributed by atoms with E-state index in [1.807, 2.05) is 18.2 Å². The van der Waals surface area contributed by atoms with Gasteiger partial charge in [-0.15, -0.1) is 0 Å². The van der Waals surface area contributed by atoms with Crippen LogP contribution in [0.25, 0.3) is 0 Å². The van der Waals surface area contributed by atoms with Crippen LogP contribution in [0.3, 0.4) is 0 Å². The van der Waals surface area contributed by atoms with Crippen LogP contribution in [0.15, 0.2) is 24.4 Å². The predicted molar refractivity (Wildman–Crippen MR) is 84.9 cm³/mol. The van der Waals surface area contributed by atoms with Crippen LogP contribution in [0.1, 0.15) is 51.6 Å². The fourth-order valence-corrected chi connectivity index (χ4v) is 2.61. The molecule has 1 aromatic rings. The van der Waals surface area contributed by atoms with E-state index in [1.54, 1.807) is 20.0 Å². The smallest absolute Gasteiger partial charge is 0.235 e. The van der Waals surface area contributed by atoms with Crippen LogP contribution >= 0.6 is 0 Å². The van der Waals surface area contributed by atoms with E-state index >= 15 is 0 Å². The van der Waals surface area contributed by atoms with Crippen molar-refractivity contribution in [2.75, 3.05) is 0 Å². The van der Waals surface area contributed by atoms with Crippen LogP contribution < -0.4 is 10.6 Å². The van der Waals surface area contributed by atoms with E-state index in [0.717, 1.165) is 31.4 Å². The number of amides is 2. The summed E-state index contributed by atoms with van der Waals surface area (Å²) in [6, 6.07) is 5.75. The standard InChI is InChI=1S/C17H25N3O2/c1-17(2,16(22)20-13-8-4-3-5-9-13)15(21)19-12-14-10-6-7-11-18-14/h6-7,10-11,13H,3-5,8-9,12H2,1-2H3,(H,19,21)(H,20,22). The van der Waals surface area contributed by atoms with Crippen LogP contribution in [0.2, 0.25) is 0 Å². The Bertz CT molecular complexity index is 508. The second-order valence-electron chi connectivity index (χ2n) is 6.44. The number of aromatic nitrogens is 1. The zero-order valence-electron chi connectivity index (χ0n) is 13.4. The lowest BCUT2D eigenvalue weighted by molar-refractivity contribution is -0.142. The van der Waals surface area contributed by atoms with Gasteiger partial charge in [0.15, 0.2) is 0 Å². The molecule has 0 radical (unpaired) electrons. The highest BCUT2D eigenvalue weighted by atomic mass is 16.2. The normalized spacial score (nSPS) is 16.1. The zero-order valence-corrected chi connectivity index (χ0v) is 13.4. The Balaban J connectivity index is 1.87. The largest absolute Gasteiger partial charge is 0.352 e. The van der Waals surface area contributed by atoms with E-state index in [1.165, 1.54) is 6.42 Å². The summed E-state index contributed by atoms with van der Waals surface area (Å²) < 4.78 is 0. The SMILES string of the molecule is CC(C)(C(=O)NCc1ccccn1)C(=O)NC1CCCCC1. The van der Waals surface area contributed by atoms with Gasteiger partial charge in [0, 0.05) is 12.2 Å². The van der Waals surface area contributed by atoms with Crippen molar-refractivity contribution in [3.05, 3.63) is 30.1 Å². The summed E-state index contributed by atoms with van der Waals surface area (Å²) >= 11 is 0. The molecule has 1 aliphatic rings. The number of hydrogen-bond donors (Lipinski definition) is 2. The molecule has 0 atom stereocenters. The lowest BCUT2D eigenvalue weighted by Gasteiger charge is -2.28. The van der Waals surface area contributed by atoms with Crippen molar-refractivity contribution in [1.82, 2.24) is 15.6 Å². The molecular formula is C17H25N3O2. The fraction of sp³-hybridized carbons (Fsp3) is 0.588. The minimum Gasteiger partial charge on any atom is -0.352 e. The Morgan fingerprint density at radius 1 is 1.18 bits per heavy atom. The average Bonchev–Trinajstić information content (AvgIpc) is 2.54. The first kappa shape index (κ1) is 16.5. The first-order valence-electron chi connectivity index (χ1n) is 7.99. The fourth-order valence-electron chi connectivity index (χ4n) is 2.61. The molecule has 1 saturated carbocycles. The van der Waals surface area contributed by atoms with Gasteiger partial charge in [0.25, 0.3) is 0 Å². The summed E-state index contributed by atoms with van der Waals surface area (Å²) in [6.45, 7) is 3.66. The quantitative estimate of drug-likeness (QED) is 0.819. The van der Waals surface area contributed by atoms with Gasteiger partial charge >= 0.3 is 0 Å². The van der Waals surface area contributed by atoms with Crippen molar-refractivity contribution < 1.29 is 9.59 Å². The minimum atomic E-state index is -1.08. The summed E-state index contributed by atoms with van der Waals surface area (Å²) in [5.74, 6) is -0.468. The maximum Gasteiger partial charge on any atom is 0.235 e. The molecule has 2 rings (SSSR count). The first-order valence-corrected chi connectivity index (χ1v) is 7.99. The van der Waals surface area contributed by atoms with Crippen molar-refractivity contribution in [2.24, 2.45) is 5.41 Å². The molecule has 1 fully saturated rings. The maximum atomic E-state index is 12.4. The number of nitrogens with zero attached hydrogens (tertiary/aromatic N) is 1. The number of nitrogens with one attached hydrogen (secondary N) is 2. The Labute approximate surface area is 131 Å². The van der Waals surface area contributed by atoms with E-state index < -0.39 is 5.41 Å². The zero-order chi connectivity index (χ0) is 16.0. The highest BCUT2D eigenvalue weighted by Crippen LogP contribution is 2.21. The number of carbonyl (C=O) groups is 2. The van der Waals surface area contributed by atoms with Crippen LogP contribution in [0, 0.1) is 5.41 Å². The molecule has 0 bridgehead atoms. The second-order valence-corrected chi connectivity index (χ2v) is 6.44. The molecule has 0 saturated heterocycles. The molecule has 1 aliphatic carbocycles. The Morgan fingerprint density at radius 3 is 2.55 bits per heavy atom. The summed E-state index contributed by atoms with van der Waals surface area (Å²) in [4.78, 5) is 28.9. The molecule has 2 N–H and O–H groups in total. The first-order chi connectivity index (χ1) is 10.5. The predicted octanol–water partition coefficient (Wildman–Crippen LogP) is 2.17. The maximum absolute atomic E-state index is 12.4. The number of carbonyl (C=O) groups excluding carboxylic acids is 2. The van der Waals surface area contributed by atoms with E-state index in [4.69, 9.17) is 0 Å². The molecule has 0 aliphatic heterocycles. The van der Waals surface area contributed by atoms with Gasteiger partial charge in [0.05, 0.1) is 12.2 Å². The number of pyridine rings is 1. The van der Waals surface area contributed by atoms with Crippen molar-refractivity contribution in [2.45, 2.75) is 58.5 Å². The molecule has 0 aromatic carbocycles. The topological polar surface area (TPSA) is 71.1 Å². The molecule has 0 unspecified atom stereocenters. The molecule has 0 spiro atoms. The molecule has 2 amide bonds. The van der Waals surface area contributed by atoms with Crippen LogP contribution in [-0.2, 0) is 16.1 Å². The van der Waals surface area contributed by atoms with Crippen molar-refractivity contribution in [3.63, 3.8) is 0 Å². The molecule has 22 heavy (non-hydrogen) atoms. The number of rotatable bonds is 5. The van der Waals surface area contributed by atoms with Gasteiger partial charge in [0.2, 0.25) is 11.8 Å². The van der Waals surface area contributed by atoms with Crippen molar-refractivity contribution in [1.29, 1.82) is 0 Å². The van der Waals surface area contributed by atoms with E-state index in [0.29, 0.717) is 6.54 Å². The Hall–Kier alpha value is -1.91. The van der Waals surface area contributed by atoms with E-state index in [2.05, 4.69) is 15.6 Å². The lowest BCUT2D eigenvalue weighted by Crippen LogP contribution is -2.50. The number of hydrogen-bond acceptors (Lipinski definition) is 3. The molecule has 1 heterocycles. The van der Waals surface area contributed by atoms with E-state index in [-0.39, 0.29) is 17.9 Å². The van der Waals surface area contributed by atoms with Crippen molar-refractivity contribution >= 4 is 11.8 Å². The van der Waals surface area contributed by atoms with Crippen LogP contribution in [-0.4, -0.2) is 22.8 Å². The molecule has 5 nitrogen and oxygen atoms in total. The van der Waals surface area contributed by atoms with Gasteiger partial charge in [-0.25, -0.2) is 0 Å². The molecular weight excluding hydrogens is 278 g/mol. The Kier molecular flexibility index (Phi) is 5.52. The molecule has 120 valence electrons. The highest BCUT2D eigenvalue weighted by molar-refractivity contribution is 6.04. The Morgan fingerprint density at radius 2 is 1.91 bits per heavy atom. The highest BCUT2D eigenvalue weighted by Gasteiger charge is 2.37. The third-order valence-electron chi connectivity index (χ3n) is 4.23. The molecule has 5 heteroatoms. The summed E-state index contributed by atoms with van der Waals surface area (Å²) in [7, 11) is 0. The van der Waals surface area contributed by atoms with Crippen LogP contribution in [0.5, 0.6) is 0 Å². The minimum absolute atomic E-state index is 0.196. The van der Waals surface area contributed by atoms with E-state index in [9.17, 15) is 9.59 Å². The average molecular weight is 303 g/mol. The van der Waals surface area contributed by atoms with Gasteiger partial charge in [-0.2, -0.15) is 0 Å². The monoisotopic (exact) mass is 303 g/mol. The van der Waals surface area contributed by atoms with Gasteiger partial charge < -0.3 is 10.6 Å². The summed E-state index contributed by atoms with van der Waals surface area (Å²) in [5, 5.41) is 5.82. The van der Waals surface area contributed by atoms with Crippen LogP contribution in [0.4, 0.5) is 0 Å².